The lowest BCUT2D eigenvalue weighted by atomic mass is 10.2. The molecule has 1 aliphatic heterocycles. The van der Waals surface area contributed by atoms with Gasteiger partial charge in [0.2, 0.25) is 0 Å². The van der Waals surface area contributed by atoms with Gasteiger partial charge in [-0.15, -0.1) is 34.2 Å². The largest absolute Gasteiger partial charge is 0.357 e. The number of hydrogen-bond donors (Lipinski definition) is 2. The molecule has 0 amide bonds. The summed E-state index contributed by atoms with van der Waals surface area (Å²) in [5.74, 6) is 2.50. The smallest absolute Gasteiger partial charge is 0.191 e. The summed E-state index contributed by atoms with van der Waals surface area (Å²) in [6, 6.07) is 6.40. The van der Waals surface area contributed by atoms with Crippen LogP contribution in [0, 0.1) is 5.82 Å². The minimum absolute atomic E-state index is 0. The topological polar surface area (TPSA) is 67.1 Å². The van der Waals surface area contributed by atoms with Crippen LogP contribution in [0.3, 0.4) is 0 Å². The zero-order valence-corrected chi connectivity index (χ0v) is 16.7. The number of aliphatic imine (C=N–C) groups is 1. The molecule has 0 bridgehead atoms. The Hall–Kier alpha value is -1.71. The normalized spacial score (nSPS) is 13.8. The van der Waals surface area contributed by atoms with Crippen LogP contribution in [0.4, 0.5) is 4.39 Å². The molecular formula is C17H24FIN6. The zero-order chi connectivity index (χ0) is 16.8. The van der Waals surface area contributed by atoms with E-state index in [1.807, 2.05) is 6.92 Å². The maximum atomic E-state index is 12.9. The van der Waals surface area contributed by atoms with Gasteiger partial charge in [0.25, 0.3) is 0 Å². The van der Waals surface area contributed by atoms with Crippen LogP contribution >= 0.6 is 24.0 Å². The molecule has 1 aromatic heterocycles. The Morgan fingerprint density at radius 2 is 2.00 bits per heavy atom. The zero-order valence-electron chi connectivity index (χ0n) is 14.3. The highest BCUT2D eigenvalue weighted by Crippen LogP contribution is 2.13. The van der Waals surface area contributed by atoms with Crippen molar-refractivity contribution in [2.75, 3.05) is 6.54 Å². The van der Waals surface area contributed by atoms with E-state index in [2.05, 4.69) is 30.4 Å². The minimum atomic E-state index is -0.232. The highest BCUT2D eigenvalue weighted by atomic mass is 127. The van der Waals surface area contributed by atoms with Gasteiger partial charge in [-0.1, -0.05) is 12.1 Å². The quantitative estimate of drug-likeness (QED) is 0.411. The molecule has 2 N–H and O–H groups in total. The van der Waals surface area contributed by atoms with Crippen LogP contribution in [-0.4, -0.2) is 27.3 Å². The first-order chi connectivity index (χ1) is 11.8. The van der Waals surface area contributed by atoms with Crippen molar-refractivity contribution in [3.63, 3.8) is 0 Å². The number of aryl methyl sites for hydroxylation is 1. The van der Waals surface area contributed by atoms with Gasteiger partial charge in [0.15, 0.2) is 11.8 Å². The Kier molecular flexibility index (Phi) is 7.60. The van der Waals surface area contributed by atoms with Crippen LogP contribution in [0.15, 0.2) is 29.3 Å². The molecule has 0 saturated heterocycles. The van der Waals surface area contributed by atoms with Crippen molar-refractivity contribution in [3.8, 4) is 0 Å². The Morgan fingerprint density at radius 3 is 2.76 bits per heavy atom. The summed E-state index contributed by atoms with van der Waals surface area (Å²) in [7, 11) is 0. The third kappa shape index (κ3) is 5.38. The monoisotopic (exact) mass is 458 g/mol. The molecule has 2 heterocycles. The Morgan fingerprint density at radius 1 is 1.20 bits per heavy atom. The molecule has 2 aromatic rings. The van der Waals surface area contributed by atoms with Gasteiger partial charge in [0, 0.05) is 19.5 Å². The molecule has 0 unspecified atom stereocenters. The maximum Gasteiger partial charge on any atom is 0.191 e. The molecule has 0 saturated carbocycles. The fourth-order valence-corrected chi connectivity index (χ4v) is 2.76. The molecule has 0 fully saturated rings. The fraction of sp³-hybridized carbons (Fsp3) is 0.471. The molecule has 0 aliphatic carbocycles. The standard InChI is InChI=1S/C17H23FN6.HI/c1-2-19-17(20-11-13-6-8-14(18)9-7-13)21-12-16-23-22-15-5-3-4-10-24(15)16;/h6-9H,2-5,10-12H2,1H3,(H2,19,20,21);1H. The summed E-state index contributed by atoms with van der Waals surface area (Å²) in [6.45, 7) is 4.86. The first kappa shape index (κ1) is 19.6. The molecular weight excluding hydrogens is 434 g/mol. The molecule has 25 heavy (non-hydrogen) atoms. The summed E-state index contributed by atoms with van der Waals surface area (Å²) >= 11 is 0. The van der Waals surface area contributed by atoms with Gasteiger partial charge >= 0.3 is 0 Å². The van der Waals surface area contributed by atoms with Gasteiger partial charge in [-0.3, -0.25) is 0 Å². The number of fused-ring (bicyclic) bond motifs is 1. The minimum Gasteiger partial charge on any atom is -0.357 e. The summed E-state index contributed by atoms with van der Waals surface area (Å²) in [5, 5.41) is 15.1. The number of guanidine groups is 1. The second kappa shape index (κ2) is 9.69. The summed E-state index contributed by atoms with van der Waals surface area (Å²) < 4.78 is 15.1. The van der Waals surface area contributed by atoms with E-state index in [-0.39, 0.29) is 29.8 Å². The number of benzene rings is 1. The lowest BCUT2D eigenvalue weighted by Crippen LogP contribution is -2.37. The van der Waals surface area contributed by atoms with Gasteiger partial charge in [-0.05, 0) is 37.5 Å². The number of nitrogens with one attached hydrogen (secondary N) is 2. The van der Waals surface area contributed by atoms with Gasteiger partial charge in [-0.2, -0.15) is 0 Å². The van der Waals surface area contributed by atoms with E-state index in [1.165, 1.54) is 25.0 Å². The number of aromatic nitrogens is 3. The van der Waals surface area contributed by atoms with E-state index in [1.54, 1.807) is 12.1 Å². The maximum absolute atomic E-state index is 12.9. The highest BCUT2D eigenvalue weighted by Gasteiger charge is 2.15. The van der Waals surface area contributed by atoms with E-state index < -0.39 is 0 Å². The van der Waals surface area contributed by atoms with Crippen LogP contribution in [-0.2, 0) is 26.1 Å². The fourth-order valence-electron chi connectivity index (χ4n) is 2.76. The Bertz CT molecular complexity index is 698. The van der Waals surface area contributed by atoms with Crippen LogP contribution < -0.4 is 10.6 Å². The van der Waals surface area contributed by atoms with Crippen molar-refractivity contribution >= 4 is 29.9 Å². The van der Waals surface area contributed by atoms with Crippen LogP contribution in [0.1, 0.15) is 37.0 Å². The predicted molar refractivity (Wildman–Crippen MR) is 106 cm³/mol. The van der Waals surface area contributed by atoms with Gasteiger partial charge in [0.1, 0.15) is 11.6 Å². The number of rotatable bonds is 5. The Labute approximate surface area is 164 Å². The van der Waals surface area contributed by atoms with E-state index in [0.717, 1.165) is 42.7 Å². The molecule has 1 aromatic carbocycles. The molecule has 1 aliphatic rings. The third-order valence-corrected chi connectivity index (χ3v) is 4.03. The highest BCUT2D eigenvalue weighted by molar-refractivity contribution is 14.0. The van der Waals surface area contributed by atoms with Crippen molar-refractivity contribution in [1.82, 2.24) is 25.4 Å². The first-order valence-electron chi connectivity index (χ1n) is 8.44. The van der Waals surface area contributed by atoms with E-state index in [0.29, 0.717) is 13.1 Å². The number of halogens is 2. The Balaban J connectivity index is 0.00000225. The van der Waals surface area contributed by atoms with Crippen LogP contribution in [0.2, 0.25) is 0 Å². The second-order valence-corrected chi connectivity index (χ2v) is 5.82. The van der Waals surface area contributed by atoms with Gasteiger partial charge < -0.3 is 15.2 Å². The lowest BCUT2D eigenvalue weighted by molar-refractivity contribution is 0.504. The third-order valence-electron chi connectivity index (χ3n) is 4.03. The van der Waals surface area contributed by atoms with Crippen LogP contribution in [0.25, 0.3) is 0 Å². The van der Waals surface area contributed by atoms with Crippen molar-refractivity contribution < 1.29 is 4.39 Å². The predicted octanol–water partition coefficient (Wildman–Crippen LogP) is 2.63. The molecule has 3 rings (SSSR count). The van der Waals surface area contributed by atoms with E-state index in [4.69, 9.17) is 0 Å². The first-order valence-corrected chi connectivity index (χ1v) is 8.44. The van der Waals surface area contributed by atoms with E-state index >= 15 is 0 Å². The SMILES string of the molecule is CCNC(=NCc1ccc(F)cc1)NCc1nnc2n1CCCC2.I. The molecule has 0 atom stereocenters. The van der Waals surface area contributed by atoms with Crippen molar-refractivity contribution in [2.45, 2.75) is 45.8 Å². The average molecular weight is 458 g/mol. The van der Waals surface area contributed by atoms with E-state index in [9.17, 15) is 4.39 Å². The summed E-state index contributed by atoms with van der Waals surface area (Å²) in [5.41, 5.74) is 0.966. The van der Waals surface area contributed by atoms with Crippen molar-refractivity contribution in [1.29, 1.82) is 0 Å². The second-order valence-electron chi connectivity index (χ2n) is 5.82. The van der Waals surface area contributed by atoms with Gasteiger partial charge in [-0.25, -0.2) is 9.38 Å². The van der Waals surface area contributed by atoms with Crippen LogP contribution in [0.5, 0.6) is 0 Å². The van der Waals surface area contributed by atoms with Crippen molar-refractivity contribution in [2.24, 2.45) is 4.99 Å². The molecule has 8 heteroatoms. The average Bonchev–Trinajstić information content (AvgIpc) is 3.02. The number of hydrogen-bond acceptors (Lipinski definition) is 3. The van der Waals surface area contributed by atoms with Gasteiger partial charge in [0.05, 0.1) is 13.1 Å². The molecule has 0 spiro atoms. The molecule has 0 radical (unpaired) electrons. The lowest BCUT2D eigenvalue weighted by Gasteiger charge is -2.16. The molecule has 6 nitrogen and oxygen atoms in total. The molecule has 136 valence electrons. The number of nitrogens with zero attached hydrogens (tertiary/aromatic N) is 4. The van der Waals surface area contributed by atoms with Crippen molar-refractivity contribution in [3.05, 3.63) is 47.3 Å². The summed E-state index contributed by atoms with van der Waals surface area (Å²) in [6.07, 6.45) is 3.37. The summed E-state index contributed by atoms with van der Waals surface area (Å²) in [4.78, 5) is 4.54.